The van der Waals surface area contributed by atoms with E-state index in [0.717, 1.165) is 5.69 Å². The lowest BCUT2D eigenvalue weighted by Gasteiger charge is -2.24. The fraction of sp³-hybridized carbons (Fsp3) is 0.435. The van der Waals surface area contributed by atoms with Gasteiger partial charge in [-0.2, -0.15) is 0 Å². The Morgan fingerprint density at radius 2 is 1.97 bits per heavy atom. The average Bonchev–Trinajstić information content (AvgIpc) is 3.11. The number of ether oxygens (including phenoxy) is 1. The van der Waals surface area contributed by atoms with Crippen molar-refractivity contribution in [1.82, 2.24) is 24.8 Å². The molecule has 3 aromatic rings. The molecule has 0 aromatic carbocycles. The lowest BCUT2D eigenvalue weighted by molar-refractivity contribution is -0.119. The maximum Gasteiger partial charge on any atom is 0.415 e. The summed E-state index contributed by atoms with van der Waals surface area (Å²) in [4.78, 5) is 39.3. The maximum absolute atomic E-state index is 12.7. The minimum atomic E-state index is -0.659. The van der Waals surface area contributed by atoms with Crippen LogP contribution in [0.5, 0.6) is 0 Å². The molecule has 2 amide bonds. The van der Waals surface area contributed by atoms with Gasteiger partial charge in [-0.1, -0.05) is 13.0 Å². The van der Waals surface area contributed by atoms with Crippen LogP contribution in [0.2, 0.25) is 0 Å². The summed E-state index contributed by atoms with van der Waals surface area (Å²) in [5.74, 6) is 0.370. The van der Waals surface area contributed by atoms with Gasteiger partial charge >= 0.3 is 6.09 Å². The number of hydrogen-bond donors (Lipinski definition) is 2. The topological polar surface area (TPSA) is 128 Å². The Balaban J connectivity index is 2.14. The van der Waals surface area contributed by atoms with Crippen LogP contribution in [0.25, 0.3) is 22.3 Å². The third-order valence-corrected chi connectivity index (χ3v) is 5.02. The summed E-state index contributed by atoms with van der Waals surface area (Å²) in [6.45, 7) is 8.84. The Bertz CT molecular complexity index is 1200. The normalized spacial score (nSPS) is 12.5. The lowest BCUT2D eigenvalue weighted by atomic mass is 10.1. The third kappa shape index (κ3) is 5.05. The zero-order valence-corrected chi connectivity index (χ0v) is 20.1. The number of nitrogen functional groups attached to an aromatic ring is 1. The van der Waals surface area contributed by atoms with Crippen LogP contribution in [0.15, 0.2) is 24.5 Å². The summed E-state index contributed by atoms with van der Waals surface area (Å²) in [5, 5.41) is 2.91. The van der Waals surface area contributed by atoms with Gasteiger partial charge in [-0.25, -0.2) is 14.8 Å². The molecule has 0 spiro atoms. The van der Waals surface area contributed by atoms with E-state index in [1.165, 1.54) is 11.8 Å². The molecule has 0 aliphatic carbocycles. The van der Waals surface area contributed by atoms with E-state index in [0.29, 0.717) is 34.5 Å². The molecule has 0 bridgehead atoms. The van der Waals surface area contributed by atoms with E-state index < -0.39 is 11.7 Å². The standard InChI is InChI=1S/C23H31N7O3/c1-8-14(26-13(2)31)15-10-9-11-16(27-15)17-19-18(25-12-29(19)6)21(28-20(17)24)30(7)22(32)33-23(3,4)5/h9-12,14H,8H2,1-7H3,(H2,24,28)(H,26,31). The van der Waals surface area contributed by atoms with Crippen molar-refractivity contribution in [2.24, 2.45) is 7.05 Å². The molecule has 0 saturated heterocycles. The summed E-state index contributed by atoms with van der Waals surface area (Å²) in [6, 6.07) is 5.34. The second-order valence-electron chi connectivity index (χ2n) is 8.90. The number of rotatable bonds is 5. The fourth-order valence-electron chi connectivity index (χ4n) is 3.55. The second kappa shape index (κ2) is 9.05. The zero-order chi connectivity index (χ0) is 24.5. The van der Waals surface area contributed by atoms with Gasteiger partial charge in [-0.3, -0.25) is 14.7 Å². The summed E-state index contributed by atoms with van der Waals surface area (Å²) in [6.07, 6.45) is 1.76. The predicted octanol–water partition coefficient (Wildman–Crippen LogP) is 3.57. The van der Waals surface area contributed by atoms with Crippen LogP contribution in [-0.2, 0) is 16.6 Å². The van der Waals surface area contributed by atoms with Crippen molar-refractivity contribution >= 4 is 34.7 Å². The van der Waals surface area contributed by atoms with Crippen molar-refractivity contribution in [3.05, 3.63) is 30.2 Å². The van der Waals surface area contributed by atoms with Gasteiger partial charge in [-0.05, 0) is 39.3 Å². The molecule has 1 atom stereocenters. The van der Waals surface area contributed by atoms with Crippen molar-refractivity contribution in [3.8, 4) is 11.3 Å². The van der Waals surface area contributed by atoms with Gasteiger partial charge < -0.3 is 20.4 Å². The molecule has 0 saturated carbocycles. The Labute approximate surface area is 193 Å². The van der Waals surface area contributed by atoms with E-state index in [1.54, 1.807) is 34.1 Å². The number of amides is 2. The largest absolute Gasteiger partial charge is 0.443 e. The first-order valence-corrected chi connectivity index (χ1v) is 10.7. The minimum absolute atomic E-state index is 0.126. The first-order valence-electron chi connectivity index (χ1n) is 10.7. The summed E-state index contributed by atoms with van der Waals surface area (Å²) in [7, 11) is 3.41. The molecule has 3 N–H and O–H groups in total. The average molecular weight is 454 g/mol. The molecule has 0 aliphatic rings. The van der Waals surface area contributed by atoms with Crippen LogP contribution in [0.4, 0.5) is 16.4 Å². The van der Waals surface area contributed by atoms with Crippen molar-refractivity contribution in [2.45, 2.75) is 52.7 Å². The van der Waals surface area contributed by atoms with Crippen LogP contribution in [0.3, 0.4) is 0 Å². The van der Waals surface area contributed by atoms with Crippen LogP contribution < -0.4 is 16.0 Å². The van der Waals surface area contributed by atoms with E-state index in [1.807, 2.05) is 36.7 Å². The highest BCUT2D eigenvalue weighted by molar-refractivity contribution is 6.05. The van der Waals surface area contributed by atoms with Gasteiger partial charge in [0.2, 0.25) is 5.91 Å². The molecule has 3 aromatic heterocycles. The molecule has 0 aliphatic heterocycles. The van der Waals surface area contributed by atoms with Gasteiger partial charge in [0.05, 0.1) is 34.8 Å². The number of aromatic nitrogens is 4. The molecule has 10 nitrogen and oxygen atoms in total. The number of nitrogens with two attached hydrogens (primary N) is 1. The molecular formula is C23H31N7O3. The Kier molecular flexibility index (Phi) is 6.57. The molecule has 176 valence electrons. The molecule has 0 fully saturated rings. The number of fused-ring (bicyclic) bond motifs is 1. The van der Waals surface area contributed by atoms with E-state index in [2.05, 4.69) is 15.3 Å². The number of carbonyl (C=O) groups excluding carboxylic acids is 2. The van der Waals surface area contributed by atoms with E-state index >= 15 is 0 Å². The van der Waals surface area contributed by atoms with Crippen LogP contribution in [0, 0.1) is 0 Å². The summed E-state index contributed by atoms with van der Waals surface area (Å²) >= 11 is 0. The van der Waals surface area contributed by atoms with E-state index in [-0.39, 0.29) is 17.8 Å². The van der Waals surface area contributed by atoms with E-state index in [9.17, 15) is 9.59 Å². The van der Waals surface area contributed by atoms with Gasteiger partial charge in [0.25, 0.3) is 0 Å². The number of hydrogen-bond acceptors (Lipinski definition) is 7. The van der Waals surface area contributed by atoms with Crippen LogP contribution >= 0.6 is 0 Å². The number of nitrogens with one attached hydrogen (secondary N) is 1. The van der Waals surface area contributed by atoms with Crippen LogP contribution in [0.1, 0.15) is 52.8 Å². The highest BCUT2D eigenvalue weighted by atomic mass is 16.6. The number of carbonyl (C=O) groups is 2. The number of nitrogens with zero attached hydrogens (tertiary/aromatic N) is 5. The van der Waals surface area contributed by atoms with E-state index in [4.69, 9.17) is 15.5 Å². The monoisotopic (exact) mass is 453 g/mol. The zero-order valence-electron chi connectivity index (χ0n) is 20.1. The van der Waals surface area contributed by atoms with Crippen molar-refractivity contribution in [3.63, 3.8) is 0 Å². The predicted molar refractivity (Wildman–Crippen MR) is 128 cm³/mol. The highest BCUT2D eigenvalue weighted by Gasteiger charge is 2.27. The van der Waals surface area contributed by atoms with Crippen molar-refractivity contribution < 1.29 is 14.3 Å². The maximum atomic E-state index is 12.7. The van der Waals surface area contributed by atoms with Gasteiger partial charge in [0.15, 0.2) is 5.82 Å². The molecule has 33 heavy (non-hydrogen) atoms. The van der Waals surface area contributed by atoms with Crippen molar-refractivity contribution in [2.75, 3.05) is 17.7 Å². The third-order valence-electron chi connectivity index (χ3n) is 5.02. The molecular weight excluding hydrogens is 422 g/mol. The van der Waals surface area contributed by atoms with Gasteiger partial charge in [-0.15, -0.1) is 0 Å². The van der Waals surface area contributed by atoms with Crippen LogP contribution in [-0.4, -0.2) is 44.2 Å². The minimum Gasteiger partial charge on any atom is -0.443 e. The number of imidazole rings is 1. The SMILES string of the molecule is CCC(NC(C)=O)c1cccc(-c2c(N)nc(N(C)C(=O)OC(C)(C)C)c3ncn(C)c23)n1. The Hall–Kier alpha value is -3.69. The number of anilines is 2. The van der Waals surface area contributed by atoms with Crippen molar-refractivity contribution in [1.29, 1.82) is 0 Å². The van der Waals surface area contributed by atoms with Gasteiger partial charge in [0, 0.05) is 21.0 Å². The second-order valence-corrected chi connectivity index (χ2v) is 8.90. The Morgan fingerprint density at radius 1 is 1.27 bits per heavy atom. The van der Waals surface area contributed by atoms with Gasteiger partial charge in [0.1, 0.15) is 16.9 Å². The molecule has 3 rings (SSSR count). The summed E-state index contributed by atoms with van der Waals surface area (Å²) in [5.41, 5.74) is 8.85. The molecule has 3 heterocycles. The molecule has 0 radical (unpaired) electrons. The Morgan fingerprint density at radius 3 is 2.58 bits per heavy atom. The molecule has 1 unspecified atom stereocenters. The summed E-state index contributed by atoms with van der Waals surface area (Å²) < 4.78 is 7.29. The quantitative estimate of drug-likeness (QED) is 0.604. The number of pyridine rings is 2. The first kappa shape index (κ1) is 24.0. The lowest BCUT2D eigenvalue weighted by Crippen LogP contribution is -2.34. The fourth-order valence-corrected chi connectivity index (χ4v) is 3.55. The first-order chi connectivity index (χ1) is 15.4. The smallest absolute Gasteiger partial charge is 0.415 e. The number of aryl methyl sites for hydroxylation is 1. The highest BCUT2D eigenvalue weighted by Crippen LogP contribution is 2.36. The molecule has 10 heteroatoms.